The van der Waals surface area contributed by atoms with Crippen LogP contribution in [0.15, 0.2) is 40.9 Å². The summed E-state index contributed by atoms with van der Waals surface area (Å²) in [5.41, 5.74) is 0.992. The van der Waals surface area contributed by atoms with E-state index in [2.05, 4.69) is 28.1 Å². The standard InChI is InChI=1S/C15H17BrO2/c16-14-8-6-12(7-9-14)10-15(17)18-11-13-4-2-1-3-5-13/h1-2,6-9,13H,3-5,10-11H2. The molecular formula is C15H17BrO2. The molecule has 2 rings (SSSR count). The number of hydrogen-bond donors (Lipinski definition) is 0. The number of esters is 1. The van der Waals surface area contributed by atoms with Crippen LogP contribution in [0.3, 0.4) is 0 Å². The van der Waals surface area contributed by atoms with E-state index in [0.29, 0.717) is 18.9 Å². The van der Waals surface area contributed by atoms with E-state index in [-0.39, 0.29) is 5.97 Å². The topological polar surface area (TPSA) is 26.3 Å². The first-order chi connectivity index (χ1) is 8.74. The molecule has 0 aromatic heterocycles. The van der Waals surface area contributed by atoms with Crippen LogP contribution in [0.1, 0.15) is 24.8 Å². The number of halogens is 1. The van der Waals surface area contributed by atoms with Crippen LogP contribution in [0, 0.1) is 5.92 Å². The first-order valence-electron chi connectivity index (χ1n) is 6.29. The third-order valence-electron chi connectivity index (χ3n) is 3.12. The summed E-state index contributed by atoms with van der Waals surface area (Å²) in [4.78, 5) is 11.7. The van der Waals surface area contributed by atoms with E-state index in [1.165, 1.54) is 0 Å². The zero-order valence-electron chi connectivity index (χ0n) is 10.3. The minimum absolute atomic E-state index is 0.133. The van der Waals surface area contributed by atoms with Gasteiger partial charge in [-0.25, -0.2) is 0 Å². The quantitative estimate of drug-likeness (QED) is 0.623. The molecule has 0 radical (unpaired) electrons. The first-order valence-corrected chi connectivity index (χ1v) is 7.08. The molecule has 18 heavy (non-hydrogen) atoms. The fraction of sp³-hybridized carbons (Fsp3) is 0.400. The van der Waals surface area contributed by atoms with Crippen molar-refractivity contribution >= 4 is 21.9 Å². The van der Waals surface area contributed by atoms with E-state index in [1.54, 1.807) is 0 Å². The van der Waals surface area contributed by atoms with Crippen LogP contribution in [0.4, 0.5) is 0 Å². The van der Waals surface area contributed by atoms with E-state index < -0.39 is 0 Å². The molecule has 0 fully saturated rings. The number of hydrogen-bond acceptors (Lipinski definition) is 2. The Hall–Kier alpha value is -1.09. The molecule has 1 aromatic rings. The molecular weight excluding hydrogens is 292 g/mol. The summed E-state index contributed by atoms with van der Waals surface area (Å²) in [6.45, 7) is 0.555. The van der Waals surface area contributed by atoms with Crippen molar-refractivity contribution in [2.24, 2.45) is 5.92 Å². The summed E-state index contributed by atoms with van der Waals surface area (Å²) in [6, 6.07) is 7.76. The summed E-state index contributed by atoms with van der Waals surface area (Å²) in [5, 5.41) is 0. The van der Waals surface area contributed by atoms with Crippen molar-refractivity contribution in [3.8, 4) is 0 Å². The molecule has 0 N–H and O–H groups in total. The van der Waals surface area contributed by atoms with Gasteiger partial charge in [-0.2, -0.15) is 0 Å². The number of rotatable bonds is 4. The fourth-order valence-electron chi connectivity index (χ4n) is 2.04. The molecule has 1 unspecified atom stereocenters. The molecule has 1 aliphatic carbocycles. The SMILES string of the molecule is O=C(Cc1ccc(Br)cc1)OCC1CC=CCC1. The van der Waals surface area contributed by atoms with Crippen molar-refractivity contribution in [3.05, 3.63) is 46.5 Å². The molecule has 0 spiro atoms. The molecule has 0 saturated carbocycles. The van der Waals surface area contributed by atoms with Gasteiger partial charge >= 0.3 is 5.97 Å². The molecule has 1 atom stereocenters. The van der Waals surface area contributed by atoms with E-state index >= 15 is 0 Å². The van der Waals surface area contributed by atoms with Gasteiger partial charge in [-0.15, -0.1) is 0 Å². The van der Waals surface area contributed by atoms with Gasteiger partial charge in [-0.1, -0.05) is 40.2 Å². The second-order valence-electron chi connectivity index (χ2n) is 4.64. The van der Waals surface area contributed by atoms with Gasteiger partial charge in [0.2, 0.25) is 0 Å². The highest BCUT2D eigenvalue weighted by atomic mass is 79.9. The minimum atomic E-state index is -0.133. The normalized spacial score (nSPS) is 18.6. The van der Waals surface area contributed by atoms with Crippen molar-refractivity contribution in [1.82, 2.24) is 0 Å². The lowest BCUT2D eigenvalue weighted by atomic mass is 9.95. The maximum Gasteiger partial charge on any atom is 0.310 e. The lowest BCUT2D eigenvalue weighted by molar-refractivity contribution is -0.144. The van der Waals surface area contributed by atoms with E-state index in [4.69, 9.17) is 4.74 Å². The molecule has 0 amide bonds. The van der Waals surface area contributed by atoms with Gasteiger partial charge < -0.3 is 4.74 Å². The Bertz CT molecular complexity index is 423. The molecule has 1 aliphatic rings. The van der Waals surface area contributed by atoms with Crippen molar-refractivity contribution < 1.29 is 9.53 Å². The average Bonchev–Trinajstić information content (AvgIpc) is 2.40. The predicted octanol–water partition coefficient (Wildman–Crippen LogP) is 3.89. The number of carbonyl (C=O) groups is 1. The number of benzene rings is 1. The molecule has 1 aromatic carbocycles. The lowest BCUT2D eigenvalue weighted by Gasteiger charge is -2.17. The summed E-state index contributed by atoms with van der Waals surface area (Å²) in [6.07, 6.45) is 8.00. The zero-order chi connectivity index (χ0) is 12.8. The van der Waals surface area contributed by atoms with Crippen LogP contribution in [0.2, 0.25) is 0 Å². The highest BCUT2D eigenvalue weighted by Gasteiger charge is 2.12. The Morgan fingerprint density at radius 1 is 1.28 bits per heavy atom. The van der Waals surface area contributed by atoms with Crippen LogP contribution in [0.5, 0.6) is 0 Å². The Kier molecular flexibility index (Phi) is 5.00. The van der Waals surface area contributed by atoms with Crippen molar-refractivity contribution in [1.29, 1.82) is 0 Å². The highest BCUT2D eigenvalue weighted by molar-refractivity contribution is 9.10. The molecule has 3 heteroatoms. The van der Waals surface area contributed by atoms with E-state index in [0.717, 1.165) is 29.3 Å². The molecule has 96 valence electrons. The first kappa shape index (κ1) is 13.3. The van der Waals surface area contributed by atoms with Gasteiger partial charge in [0.25, 0.3) is 0 Å². The van der Waals surface area contributed by atoms with Crippen molar-refractivity contribution in [2.45, 2.75) is 25.7 Å². The Morgan fingerprint density at radius 3 is 2.72 bits per heavy atom. The van der Waals surface area contributed by atoms with Crippen LogP contribution in [0.25, 0.3) is 0 Å². The minimum Gasteiger partial charge on any atom is -0.465 e. The number of allylic oxidation sites excluding steroid dienone is 2. The Balaban J connectivity index is 1.74. The number of ether oxygens (including phenoxy) is 1. The van der Waals surface area contributed by atoms with Gasteiger partial charge in [0.15, 0.2) is 0 Å². The van der Waals surface area contributed by atoms with E-state index in [1.807, 2.05) is 24.3 Å². The van der Waals surface area contributed by atoms with Gasteiger partial charge in [0.1, 0.15) is 0 Å². The predicted molar refractivity (Wildman–Crippen MR) is 75.3 cm³/mol. The third-order valence-corrected chi connectivity index (χ3v) is 3.65. The Labute approximate surface area is 116 Å². The molecule has 0 heterocycles. The third kappa shape index (κ3) is 4.30. The largest absolute Gasteiger partial charge is 0.465 e. The van der Waals surface area contributed by atoms with Crippen molar-refractivity contribution in [2.75, 3.05) is 6.61 Å². The second kappa shape index (κ2) is 6.74. The summed E-state index contributed by atoms with van der Waals surface area (Å²) >= 11 is 3.37. The average molecular weight is 309 g/mol. The van der Waals surface area contributed by atoms with Crippen molar-refractivity contribution in [3.63, 3.8) is 0 Å². The van der Waals surface area contributed by atoms with Crippen LogP contribution in [-0.4, -0.2) is 12.6 Å². The lowest BCUT2D eigenvalue weighted by Crippen LogP contribution is -2.16. The number of carbonyl (C=O) groups excluding carboxylic acids is 1. The van der Waals surface area contributed by atoms with Crippen LogP contribution >= 0.6 is 15.9 Å². The van der Waals surface area contributed by atoms with Crippen LogP contribution in [-0.2, 0) is 16.0 Å². The summed E-state index contributed by atoms with van der Waals surface area (Å²) in [7, 11) is 0. The molecule has 0 saturated heterocycles. The van der Waals surface area contributed by atoms with Gasteiger partial charge in [0.05, 0.1) is 13.0 Å². The van der Waals surface area contributed by atoms with Gasteiger partial charge in [0, 0.05) is 4.47 Å². The summed E-state index contributed by atoms with van der Waals surface area (Å²) < 4.78 is 6.35. The molecule has 2 nitrogen and oxygen atoms in total. The van der Waals surface area contributed by atoms with Gasteiger partial charge in [-0.05, 0) is 42.9 Å². The smallest absolute Gasteiger partial charge is 0.310 e. The highest BCUT2D eigenvalue weighted by Crippen LogP contribution is 2.18. The van der Waals surface area contributed by atoms with Crippen LogP contribution < -0.4 is 0 Å². The van der Waals surface area contributed by atoms with Gasteiger partial charge in [-0.3, -0.25) is 4.79 Å². The Morgan fingerprint density at radius 2 is 2.06 bits per heavy atom. The van der Waals surface area contributed by atoms with E-state index in [9.17, 15) is 4.79 Å². The maximum absolute atomic E-state index is 11.7. The monoisotopic (exact) mass is 308 g/mol. The maximum atomic E-state index is 11.7. The molecule has 0 bridgehead atoms. The fourth-order valence-corrected chi connectivity index (χ4v) is 2.30. The second-order valence-corrected chi connectivity index (χ2v) is 5.55. The zero-order valence-corrected chi connectivity index (χ0v) is 11.9. The summed E-state index contributed by atoms with van der Waals surface area (Å²) in [5.74, 6) is 0.371. The molecule has 0 aliphatic heterocycles.